The first-order valence-corrected chi connectivity index (χ1v) is 23.4. The molecule has 0 radical (unpaired) electrons. The molecule has 8 aromatic carbocycles. The van der Waals surface area contributed by atoms with E-state index in [1.807, 2.05) is 22.7 Å². The van der Waals surface area contributed by atoms with Crippen molar-refractivity contribution < 1.29 is 9.47 Å². The zero-order valence-electron chi connectivity index (χ0n) is 34.2. The first-order chi connectivity index (χ1) is 31.7. The number of aromatic nitrogens is 2. The van der Waals surface area contributed by atoms with Crippen LogP contribution in [-0.4, -0.2) is 9.13 Å². The van der Waals surface area contributed by atoms with Crippen LogP contribution >= 0.6 is 22.7 Å². The van der Waals surface area contributed by atoms with Crippen LogP contribution in [0.4, 0.5) is 0 Å². The molecule has 0 unspecified atom stereocenters. The zero-order chi connectivity index (χ0) is 41.7. The minimum atomic E-state index is -0.751. The van der Waals surface area contributed by atoms with Gasteiger partial charge in [-0.1, -0.05) is 146 Å². The lowest BCUT2D eigenvalue weighted by atomic mass is 9.54. The fourth-order valence-corrected chi connectivity index (χ4v) is 14.7. The highest BCUT2D eigenvalue weighted by atomic mass is 32.1. The topological polar surface area (TPSA) is 28.3 Å². The summed E-state index contributed by atoms with van der Waals surface area (Å²) in [7, 11) is 0. The molecule has 0 amide bonds. The number of fused-ring (bicyclic) bond motifs is 20. The molecule has 12 aromatic rings. The zero-order valence-corrected chi connectivity index (χ0v) is 35.8. The van der Waals surface area contributed by atoms with Crippen LogP contribution in [0.5, 0.6) is 23.0 Å². The number of nitrogens with zero attached hydrogens (tertiary/aromatic N) is 2. The van der Waals surface area contributed by atoms with Crippen molar-refractivity contribution in [1.82, 2.24) is 9.13 Å². The van der Waals surface area contributed by atoms with Gasteiger partial charge < -0.3 is 18.6 Å². The van der Waals surface area contributed by atoms with Crippen LogP contribution in [0, 0.1) is 0 Å². The van der Waals surface area contributed by atoms with Gasteiger partial charge in [-0.25, -0.2) is 0 Å². The summed E-state index contributed by atoms with van der Waals surface area (Å²) in [5.41, 5.74) is 10.3. The molecule has 0 N–H and O–H groups in total. The van der Waals surface area contributed by atoms with Gasteiger partial charge >= 0.3 is 0 Å². The Morgan fingerprint density at radius 2 is 0.562 bits per heavy atom. The molecule has 6 heterocycles. The fourth-order valence-electron chi connectivity index (χ4n) is 11.7. The molecule has 4 aromatic heterocycles. The van der Waals surface area contributed by atoms with E-state index in [-0.39, 0.29) is 0 Å². The van der Waals surface area contributed by atoms with Gasteiger partial charge in [0.05, 0.1) is 32.9 Å². The molecule has 300 valence electrons. The third-order valence-corrected chi connectivity index (χ3v) is 16.6. The van der Waals surface area contributed by atoms with E-state index in [0.29, 0.717) is 0 Å². The number of para-hydroxylation sites is 8. The van der Waals surface area contributed by atoms with Crippen LogP contribution in [0.3, 0.4) is 0 Å². The quantitative estimate of drug-likeness (QED) is 0.173. The van der Waals surface area contributed by atoms with E-state index in [1.165, 1.54) is 74.5 Å². The van der Waals surface area contributed by atoms with Crippen LogP contribution in [0.25, 0.3) is 53.6 Å². The van der Waals surface area contributed by atoms with Crippen LogP contribution in [0.1, 0.15) is 43.1 Å². The minimum Gasteiger partial charge on any atom is -0.457 e. The predicted molar refractivity (Wildman–Crippen MR) is 261 cm³/mol. The molecule has 15 rings (SSSR count). The average molecular weight is 855 g/mol. The first-order valence-electron chi connectivity index (χ1n) is 21.7. The summed E-state index contributed by atoms with van der Waals surface area (Å²) in [6, 6.07) is 75.4. The largest absolute Gasteiger partial charge is 0.457 e. The van der Waals surface area contributed by atoms with Crippen molar-refractivity contribution >= 4 is 66.3 Å². The van der Waals surface area contributed by atoms with Gasteiger partial charge in [-0.05, 0) is 71.8 Å². The lowest BCUT2D eigenvalue weighted by Gasteiger charge is -2.50. The third-order valence-electron chi connectivity index (χ3n) is 14.1. The molecule has 0 saturated carbocycles. The molecular formula is C58H34N2O2S2. The molecule has 3 aliphatic rings. The van der Waals surface area contributed by atoms with Gasteiger partial charge in [0.1, 0.15) is 33.0 Å². The highest BCUT2D eigenvalue weighted by Gasteiger charge is 2.61. The fraction of sp³-hybridized carbons (Fsp3) is 0.0345. The lowest BCUT2D eigenvalue weighted by molar-refractivity contribution is 0.418. The van der Waals surface area contributed by atoms with Crippen molar-refractivity contribution in [1.29, 1.82) is 0 Å². The Bertz CT molecular complexity index is 3450. The molecule has 0 fully saturated rings. The van der Waals surface area contributed by atoms with Gasteiger partial charge in [-0.15, -0.1) is 22.7 Å². The van der Waals surface area contributed by atoms with Crippen LogP contribution in [-0.2, 0) is 10.8 Å². The summed E-state index contributed by atoms with van der Waals surface area (Å²) in [5.74, 6) is 3.49. The molecule has 2 spiro atoms. The van der Waals surface area contributed by atoms with Gasteiger partial charge in [-0.3, -0.25) is 0 Å². The van der Waals surface area contributed by atoms with Gasteiger partial charge in [0.15, 0.2) is 0 Å². The number of rotatable bonds is 2. The third kappa shape index (κ3) is 4.18. The summed E-state index contributed by atoms with van der Waals surface area (Å²) >= 11 is 3.82. The normalized spacial score (nSPS) is 14.8. The number of ether oxygens (including phenoxy) is 2. The standard InChI is InChI=1S/C58H34N2O2S2/c1-9-25-45-35(17-1)36-18-2-10-26-46(36)59(45)53-33-43-55(63-53)58(41-23-7-15-31-51(41)62-52-32-16-8-24-42(52)58)44-34-54(60-47-27-11-3-19-37(47)38-20-4-12-28-48(38)60)64-56(44)57(43)39-21-5-13-29-49(39)61-50-30-14-6-22-40(50)57/h1-34H. The molecule has 2 aliphatic heterocycles. The van der Waals surface area contributed by atoms with E-state index in [0.717, 1.165) is 45.3 Å². The second-order valence-electron chi connectivity index (χ2n) is 17.1. The Kier molecular flexibility index (Phi) is 6.82. The van der Waals surface area contributed by atoms with Gasteiger partial charge in [0.25, 0.3) is 0 Å². The van der Waals surface area contributed by atoms with Crippen LogP contribution < -0.4 is 9.47 Å². The Morgan fingerprint density at radius 3 is 0.875 bits per heavy atom. The van der Waals surface area contributed by atoms with Gasteiger partial charge in [-0.2, -0.15) is 0 Å². The summed E-state index contributed by atoms with van der Waals surface area (Å²) in [4.78, 5) is 2.55. The van der Waals surface area contributed by atoms with E-state index in [2.05, 4.69) is 215 Å². The lowest BCUT2D eigenvalue weighted by Crippen LogP contribution is -2.45. The van der Waals surface area contributed by atoms with E-state index in [4.69, 9.17) is 9.47 Å². The monoisotopic (exact) mass is 854 g/mol. The second kappa shape index (κ2) is 12.5. The number of thiophene rings is 2. The number of hydrogen-bond donors (Lipinski definition) is 0. The Morgan fingerprint density at radius 1 is 0.297 bits per heavy atom. The summed E-state index contributed by atoms with van der Waals surface area (Å²) in [6.07, 6.45) is 0. The SMILES string of the molecule is c1ccc2c(c1)Oc1ccccc1C21c2cc(-n3c4ccccc4c4ccccc43)sc2C2(c3ccccc3Oc3ccccc32)c2cc(-n3c4ccccc4c4ccccc43)sc21. The molecule has 64 heavy (non-hydrogen) atoms. The summed E-state index contributed by atoms with van der Waals surface area (Å²) < 4.78 is 18.9. The van der Waals surface area contributed by atoms with Crippen LogP contribution in [0.15, 0.2) is 206 Å². The molecule has 4 nitrogen and oxygen atoms in total. The minimum absolute atomic E-state index is 0.751. The Hall–Kier alpha value is -7.64. The van der Waals surface area contributed by atoms with Crippen molar-refractivity contribution in [2.45, 2.75) is 10.8 Å². The smallest absolute Gasteiger partial charge is 0.132 e. The second-order valence-corrected chi connectivity index (χ2v) is 19.1. The molecule has 0 bridgehead atoms. The number of hydrogen-bond acceptors (Lipinski definition) is 4. The van der Waals surface area contributed by atoms with Gasteiger partial charge in [0, 0.05) is 53.6 Å². The van der Waals surface area contributed by atoms with E-state index in [1.54, 1.807) is 0 Å². The van der Waals surface area contributed by atoms with Crippen molar-refractivity contribution in [2.24, 2.45) is 0 Å². The highest BCUT2D eigenvalue weighted by molar-refractivity contribution is 7.16. The van der Waals surface area contributed by atoms with Crippen LogP contribution in [0.2, 0.25) is 0 Å². The maximum absolute atomic E-state index is 6.95. The van der Waals surface area contributed by atoms with E-state index in [9.17, 15) is 0 Å². The summed E-state index contributed by atoms with van der Waals surface area (Å²) in [6.45, 7) is 0. The molecule has 1 aliphatic carbocycles. The molecule has 0 atom stereocenters. The Balaban J connectivity index is 1.18. The van der Waals surface area contributed by atoms with Crippen molar-refractivity contribution in [3.8, 4) is 33.0 Å². The maximum Gasteiger partial charge on any atom is 0.132 e. The highest BCUT2D eigenvalue weighted by Crippen LogP contribution is 2.70. The summed E-state index contributed by atoms with van der Waals surface area (Å²) in [5, 5.41) is 7.31. The number of benzene rings is 8. The molecule has 0 saturated heterocycles. The van der Waals surface area contributed by atoms with Crippen molar-refractivity contribution in [2.75, 3.05) is 0 Å². The Labute approximate surface area is 376 Å². The maximum atomic E-state index is 6.95. The van der Waals surface area contributed by atoms with Crippen molar-refractivity contribution in [3.63, 3.8) is 0 Å². The van der Waals surface area contributed by atoms with E-state index < -0.39 is 10.8 Å². The van der Waals surface area contributed by atoms with E-state index >= 15 is 0 Å². The average Bonchev–Trinajstić information content (AvgIpc) is 4.14. The molecular weight excluding hydrogens is 821 g/mol. The van der Waals surface area contributed by atoms with Gasteiger partial charge in [0.2, 0.25) is 0 Å². The van der Waals surface area contributed by atoms with Crippen molar-refractivity contribution in [3.05, 3.63) is 249 Å². The predicted octanol–water partition coefficient (Wildman–Crippen LogP) is 15.3. The molecule has 6 heteroatoms. The first kappa shape index (κ1) is 34.9.